The van der Waals surface area contributed by atoms with Gasteiger partial charge in [-0.05, 0) is 45.2 Å². The number of unbranched alkanes of at least 4 members (excludes halogenated alkanes) is 1. The van der Waals surface area contributed by atoms with Crippen molar-refractivity contribution in [3.05, 3.63) is 0 Å². The first-order chi connectivity index (χ1) is 8.26. The van der Waals surface area contributed by atoms with E-state index in [0.717, 1.165) is 31.6 Å². The molecule has 0 aliphatic heterocycles. The highest BCUT2D eigenvalue weighted by Gasteiger charge is 2.15. The third kappa shape index (κ3) is 6.18. The lowest BCUT2D eigenvalue weighted by Gasteiger charge is -2.26. The van der Waals surface area contributed by atoms with Gasteiger partial charge in [0, 0.05) is 24.8 Å². The standard InChI is InChI=1S/C14H29N3/c1-3-5-11-17(4-2)12-10-16-14-8-6-13(15)7-9-14/h14-16H,3-12H2,1-2H3. The van der Waals surface area contributed by atoms with Gasteiger partial charge in [0.25, 0.3) is 0 Å². The number of likely N-dealkylation sites (N-methyl/N-ethyl adjacent to an activating group) is 1. The average molecular weight is 239 g/mol. The minimum absolute atomic E-state index is 0.661. The van der Waals surface area contributed by atoms with E-state index in [-0.39, 0.29) is 0 Å². The monoisotopic (exact) mass is 239 g/mol. The Morgan fingerprint density at radius 1 is 1.24 bits per heavy atom. The first-order valence-electron chi connectivity index (χ1n) is 7.28. The fourth-order valence-electron chi connectivity index (χ4n) is 2.41. The predicted octanol–water partition coefficient (Wildman–Crippen LogP) is 2.66. The number of nitrogens with one attached hydrogen (secondary N) is 2. The van der Waals surface area contributed by atoms with E-state index in [1.54, 1.807) is 0 Å². The minimum Gasteiger partial charge on any atom is -0.313 e. The summed E-state index contributed by atoms with van der Waals surface area (Å²) in [5, 5.41) is 11.2. The second-order valence-electron chi connectivity index (χ2n) is 5.12. The van der Waals surface area contributed by atoms with Crippen LogP contribution in [0.4, 0.5) is 0 Å². The third-order valence-electron chi connectivity index (χ3n) is 3.73. The molecular formula is C14H29N3. The molecule has 0 heterocycles. The van der Waals surface area contributed by atoms with Crippen molar-refractivity contribution in [3.8, 4) is 0 Å². The molecule has 0 aromatic heterocycles. The maximum atomic E-state index is 7.59. The highest BCUT2D eigenvalue weighted by Crippen LogP contribution is 2.14. The first-order valence-corrected chi connectivity index (χ1v) is 7.28. The van der Waals surface area contributed by atoms with Crippen LogP contribution >= 0.6 is 0 Å². The number of nitrogens with zero attached hydrogens (tertiary/aromatic N) is 1. The zero-order valence-electron chi connectivity index (χ0n) is 11.6. The third-order valence-corrected chi connectivity index (χ3v) is 3.73. The molecule has 0 aromatic carbocycles. The number of rotatable bonds is 8. The highest BCUT2D eigenvalue weighted by atomic mass is 15.1. The molecule has 1 aliphatic rings. The van der Waals surface area contributed by atoms with Gasteiger partial charge in [0.1, 0.15) is 0 Å². The van der Waals surface area contributed by atoms with E-state index >= 15 is 0 Å². The molecule has 1 aliphatic carbocycles. The SMILES string of the molecule is CCCCN(CC)CCNC1CCC(=N)CC1. The van der Waals surface area contributed by atoms with Gasteiger partial charge in [0.05, 0.1) is 0 Å². The predicted molar refractivity (Wildman–Crippen MR) is 75.0 cm³/mol. The van der Waals surface area contributed by atoms with Crippen LogP contribution in [0.25, 0.3) is 0 Å². The van der Waals surface area contributed by atoms with Crippen LogP contribution in [-0.2, 0) is 0 Å². The minimum atomic E-state index is 0.661. The molecule has 0 atom stereocenters. The van der Waals surface area contributed by atoms with E-state index in [1.807, 2.05) is 0 Å². The summed E-state index contributed by atoms with van der Waals surface area (Å²) in [6, 6.07) is 0.661. The fourth-order valence-corrected chi connectivity index (χ4v) is 2.41. The lowest BCUT2D eigenvalue weighted by Crippen LogP contribution is -2.39. The van der Waals surface area contributed by atoms with Gasteiger partial charge in [-0.3, -0.25) is 0 Å². The summed E-state index contributed by atoms with van der Waals surface area (Å²) < 4.78 is 0. The van der Waals surface area contributed by atoms with Crippen LogP contribution in [0.15, 0.2) is 0 Å². The van der Waals surface area contributed by atoms with Crippen molar-refractivity contribution in [3.63, 3.8) is 0 Å². The normalized spacial score (nSPS) is 21.1. The second kappa shape index (κ2) is 8.65. The molecule has 100 valence electrons. The molecule has 0 amide bonds. The molecule has 3 nitrogen and oxygen atoms in total. The van der Waals surface area contributed by atoms with Crippen LogP contribution in [-0.4, -0.2) is 42.8 Å². The topological polar surface area (TPSA) is 39.1 Å². The number of hydrogen-bond donors (Lipinski definition) is 2. The Morgan fingerprint density at radius 3 is 2.53 bits per heavy atom. The second-order valence-corrected chi connectivity index (χ2v) is 5.12. The zero-order valence-corrected chi connectivity index (χ0v) is 11.6. The molecule has 0 spiro atoms. The van der Waals surface area contributed by atoms with Crippen molar-refractivity contribution in [2.45, 2.75) is 58.4 Å². The molecule has 1 fully saturated rings. The summed E-state index contributed by atoms with van der Waals surface area (Å²) in [6.45, 7) is 9.18. The maximum absolute atomic E-state index is 7.59. The quantitative estimate of drug-likeness (QED) is 0.683. The molecule has 1 rings (SSSR count). The van der Waals surface area contributed by atoms with E-state index < -0.39 is 0 Å². The lowest BCUT2D eigenvalue weighted by molar-refractivity contribution is 0.274. The van der Waals surface area contributed by atoms with Crippen molar-refractivity contribution < 1.29 is 0 Å². The summed E-state index contributed by atoms with van der Waals surface area (Å²) in [7, 11) is 0. The van der Waals surface area contributed by atoms with Crippen LogP contribution in [0, 0.1) is 5.41 Å². The van der Waals surface area contributed by atoms with Crippen molar-refractivity contribution in [1.82, 2.24) is 10.2 Å². The molecular weight excluding hydrogens is 210 g/mol. The van der Waals surface area contributed by atoms with E-state index in [9.17, 15) is 0 Å². The van der Waals surface area contributed by atoms with Crippen LogP contribution in [0.1, 0.15) is 52.4 Å². The van der Waals surface area contributed by atoms with Gasteiger partial charge < -0.3 is 15.6 Å². The van der Waals surface area contributed by atoms with Crippen LogP contribution in [0.3, 0.4) is 0 Å². The summed E-state index contributed by atoms with van der Waals surface area (Å²) in [5.41, 5.74) is 0.946. The summed E-state index contributed by atoms with van der Waals surface area (Å²) >= 11 is 0. The van der Waals surface area contributed by atoms with Crippen molar-refractivity contribution >= 4 is 5.71 Å². The molecule has 1 saturated carbocycles. The molecule has 0 saturated heterocycles. The van der Waals surface area contributed by atoms with E-state index in [2.05, 4.69) is 24.1 Å². The van der Waals surface area contributed by atoms with E-state index in [1.165, 1.54) is 38.8 Å². The van der Waals surface area contributed by atoms with Crippen LogP contribution in [0.5, 0.6) is 0 Å². The van der Waals surface area contributed by atoms with Gasteiger partial charge in [-0.2, -0.15) is 0 Å². The van der Waals surface area contributed by atoms with Gasteiger partial charge in [-0.25, -0.2) is 0 Å². The van der Waals surface area contributed by atoms with Gasteiger partial charge in [-0.1, -0.05) is 20.3 Å². The molecule has 2 N–H and O–H groups in total. The first kappa shape index (κ1) is 14.7. The van der Waals surface area contributed by atoms with Crippen molar-refractivity contribution in [1.29, 1.82) is 5.41 Å². The fraction of sp³-hybridized carbons (Fsp3) is 0.929. The molecule has 0 bridgehead atoms. The Balaban J connectivity index is 2.07. The molecule has 17 heavy (non-hydrogen) atoms. The smallest absolute Gasteiger partial charge is 0.0107 e. The molecule has 0 radical (unpaired) electrons. The van der Waals surface area contributed by atoms with Gasteiger partial charge in [0.2, 0.25) is 0 Å². The van der Waals surface area contributed by atoms with E-state index in [4.69, 9.17) is 5.41 Å². The zero-order chi connectivity index (χ0) is 12.5. The Hall–Kier alpha value is -0.410. The van der Waals surface area contributed by atoms with Crippen molar-refractivity contribution in [2.24, 2.45) is 0 Å². The largest absolute Gasteiger partial charge is 0.313 e. The Morgan fingerprint density at radius 2 is 1.94 bits per heavy atom. The molecule has 3 heteroatoms. The van der Waals surface area contributed by atoms with Crippen LogP contribution in [0.2, 0.25) is 0 Å². The van der Waals surface area contributed by atoms with Gasteiger partial charge in [-0.15, -0.1) is 0 Å². The van der Waals surface area contributed by atoms with Crippen LogP contribution < -0.4 is 5.32 Å². The molecule has 0 unspecified atom stereocenters. The molecule has 0 aromatic rings. The number of hydrogen-bond acceptors (Lipinski definition) is 3. The summed E-state index contributed by atoms with van der Waals surface area (Å²) in [4.78, 5) is 2.53. The maximum Gasteiger partial charge on any atom is 0.0107 e. The van der Waals surface area contributed by atoms with E-state index in [0.29, 0.717) is 6.04 Å². The highest BCUT2D eigenvalue weighted by molar-refractivity contribution is 5.82. The Labute approximate surface area is 106 Å². The lowest BCUT2D eigenvalue weighted by atomic mass is 9.94. The Kier molecular flexibility index (Phi) is 7.45. The average Bonchev–Trinajstić information content (AvgIpc) is 2.36. The van der Waals surface area contributed by atoms with Crippen molar-refractivity contribution in [2.75, 3.05) is 26.2 Å². The van der Waals surface area contributed by atoms with Gasteiger partial charge in [0.15, 0.2) is 0 Å². The summed E-state index contributed by atoms with van der Waals surface area (Å²) in [5.74, 6) is 0. The van der Waals surface area contributed by atoms with Gasteiger partial charge >= 0.3 is 0 Å². The Bertz CT molecular complexity index is 206. The summed E-state index contributed by atoms with van der Waals surface area (Å²) in [6.07, 6.45) is 6.94.